The van der Waals surface area contributed by atoms with Gasteiger partial charge in [-0.15, -0.1) is 0 Å². The predicted molar refractivity (Wildman–Crippen MR) is 262 cm³/mol. The Labute approximate surface area is 420 Å². The maximum Gasteiger partial charge on any atom is 2.00 e. The Bertz CT molecular complexity index is 2340. The fourth-order valence-corrected chi connectivity index (χ4v) is 12.3. The first-order valence-electron chi connectivity index (χ1n) is 23.6. The fraction of sp³-hybridized carbons (Fsp3) is 0.673. The average molecular weight is 1020 g/mol. The Morgan fingerprint density at radius 3 is 1.79 bits per heavy atom. The van der Waals surface area contributed by atoms with E-state index in [1.807, 2.05) is 61.5 Å². The zero-order valence-corrected chi connectivity index (χ0v) is 43.2. The number of carbonyl (C=O) groups excluding carboxylic acids is 7. The van der Waals surface area contributed by atoms with Gasteiger partial charge in [-0.25, -0.2) is 0 Å². The van der Waals surface area contributed by atoms with Crippen molar-refractivity contribution in [2.75, 3.05) is 6.54 Å². The summed E-state index contributed by atoms with van der Waals surface area (Å²) in [5.41, 5.74) is 34.7. The van der Waals surface area contributed by atoms with Crippen molar-refractivity contribution in [1.29, 1.82) is 0 Å². The number of hydrogen-bond acceptors (Lipinski definition) is 12. The molecule has 10 unspecified atom stereocenters. The van der Waals surface area contributed by atoms with Gasteiger partial charge in [-0.05, 0) is 88.9 Å². The molecule has 21 heteroatoms. The minimum atomic E-state index is -1.38. The Morgan fingerprint density at radius 2 is 1.29 bits per heavy atom. The van der Waals surface area contributed by atoms with Gasteiger partial charge in [-0.2, -0.15) is 5.70 Å². The van der Waals surface area contributed by atoms with Crippen molar-refractivity contribution in [3.8, 4) is 0 Å². The predicted octanol–water partition coefficient (Wildman–Crippen LogP) is 3.94. The van der Waals surface area contributed by atoms with Crippen LogP contribution in [-0.2, 0) is 50.3 Å². The van der Waals surface area contributed by atoms with Crippen LogP contribution in [0.4, 0.5) is 0 Å². The number of amides is 6. The zero-order chi connectivity index (χ0) is 52.4. The van der Waals surface area contributed by atoms with Crippen LogP contribution in [0.25, 0.3) is 10.9 Å². The van der Waals surface area contributed by atoms with Crippen molar-refractivity contribution in [1.82, 2.24) is 5.32 Å². The molecular formula is C49H73CoN11O9. The Morgan fingerprint density at radius 1 is 0.743 bits per heavy atom. The maximum absolute atomic E-state index is 13.5. The van der Waals surface area contributed by atoms with Crippen molar-refractivity contribution in [2.45, 2.75) is 158 Å². The molecule has 0 aromatic rings. The van der Waals surface area contributed by atoms with Gasteiger partial charge in [0.25, 0.3) is 0 Å². The van der Waals surface area contributed by atoms with Crippen LogP contribution in [0.3, 0.4) is 0 Å². The Hall–Kier alpha value is -5.41. The molecule has 0 saturated carbocycles. The molecule has 1 fully saturated rings. The minimum absolute atomic E-state index is 0. The van der Waals surface area contributed by atoms with E-state index in [1.165, 1.54) is 6.92 Å². The fourth-order valence-electron chi connectivity index (χ4n) is 12.3. The summed E-state index contributed by atoms with van der Waals surface area (Å²) in [7, 11) is 0. The third kappa shape index (κ3) is 11.4. The molecule has 5 rings (SSSR count). The summed E-state index contributed by atoms with van der Waals surface area (Å²) in [6.45, 7) is 18.5. The molecule has 1 saturated heterocycles. The van der Waals surface area contributed by atoms with E-state index in [2.05, 4.69) is 5.32 Å². The van der Waals surface area contributed by atoms with Gasteiger partial charge in [0.2, 0.25) is 35.4 Å². The third-order valence-electron chi connectivity index (χ3n) is 16.0. The number of aliphatic hydroxyl groups excluding tert-OH is 1. The standard InChI is InChI=1S/C49H74N10O8.Co.NO/c1-24(60)21-47(8)28(11-14-34(50)62)32-20-33-45(5,6)29(12-15-35(51)63)40(57-33)26(3)42-46(7,18-17-39(67)55-23-25(2)61)31(19-37(53)65)44(58-42)49(10)48(9,22-38(54)66)30(13-16-36(52)64)41(59-49)27(4)43(47)56-32;;1-2/h20,25,28-31,44,61H,11-19,21-23H2,1-10H3,(H12,50,51,52,53,54,55,56,57,58,59,62,63,64,65,66,67);;/q;+2;-1/p-1. The van der Waals surface area contributed by atoms with Gasteiger partial charge in [0, 0.05) is 108 Å². The van der Waals surface area contributed by atoms with E-state index in [4.69, 9.17) is 59.5 Å². The number of allylic oxidation sites excluding steroid dienone is 6. The van der Waals surface area contributed by atoms with Gasteiger partial charge < -0.3 is 54.9 Å². The summed E-state index contributed by atoms with van der Waals surface area (Å²) in [6.07, 6.45) is 1.52. The Balaban J connectivity index is 0.00000426. The summed E-state index contributed by atoms with van der Waals surface area (Å²) in [6, 6.07) is -0.903. The van der Waals surface area contributed by atoms with Gasteiger partial charge in [0.15, 0.2) is 0 Å². The first-order chi connectivity index (χ1) is 31.9. The molecule has 5 aliphatic rings. The van der Waals surface area contributed by atoms with E-state index < -0.39 is 92.6 Å². The number of fused-ring (bicyclic) bond motifs is 6. The van der Waals surface area contributed by atoms with E-state index in [9.17, 15) is 38.7 Å². The van der Waals surface area contributed by atoms with Gasteiger partial charge in [0.05, 0.1) is 17.3 Å². The minimum Gasteiger partial charge on any atom is -0.682 e. The number of nitrogens with zero attached hydrogens (tertiary/aromatic N) is 5. The van der Waals surface area contributed by atoms with E-state index in [-0.39, 0.29) is 99.2 Å². The topological polar surface area (TPSA) is 372 Å². The van der Waals surface area contributed by atoms with Crippen molar-refractivity contribution in [3.63, 3.8) is 0 Å². The van der Waals surface area contributed by atoms with Gasteiger partial charge >= 0.3 is 16.8 Å². The van der Waals surface area contributed by atoms with Crippen molar-refractivity contribution in [2.24, 2.45) is 89.0 Å². The number of Topliss-reactive ketones (excluding diaryl/α,β-unsaturated/α-hetero) is 1. The molecule has 70 heavy (non-hydrogen) atoms. The van der Waals surface area contributed by atoms with Crippen molar-refractivity contribution >= 4 is 58.4 Å². The molecule has 0 aromatic heterocycles. The van der Waals surface area contributed by atoms with Gasteiger partial charge in [-0.3, -0.25) is 48.5 Å². The second-order valence-electron chi connectivity index (χ2n) is 21.3. The molecule has 0 spiro atoms. The number of nitroso groups, excluding NO2 is 1. The molecule has 8 bridgehead atoms. The number of ketones is 1. The molecule has 20 nitrogen and oxygen atoms in total. The van der Waals surface area contributed by atoms with Gasteiger partial charge in [0.1, 0.15) is 5.78 Å². The summed E-state index contributed by atoms with van der Waals surface area (Å²) in [4.78, 5) is 115. The summed E-state index contributed by atoms with van der Waals surface area (Å²) in [5, 5.41) is 18.4. The zero-order valence-electron chi connectivity index (χ0n) is 42.2. The van der Waals surface area contributed by atoms with E-state index >= 15 is 0 Å². The van der Waals surface area contributed by atoms with E-state index in [0.29, 0.717) is 51.8 Å². The Kier molecular flexibility index (Phi) is 18.8. The molecule has 5 heterocycles. The van der Waals surface area contributed by atoms with Crippen LogP contribution in [0.2, 0.25) is 0 Å². The number of rotatable bonds is 20. The van der Waals surface area contributed by atoms with E-state index in [0.717, 1.165) is 0 Å². The SMILES string of the molecule is CC(=O)CC1(C)C2=C(C)C3=NC(C)(C4[N-]C(=C(C)C5=NC(=CC(=N2)C1CCC(N)=O)C(C)(C)C5CCC(N)=O)C(C)(CCC(=O)NCC(C)O)C4CC(N)=O)C(C)(CC(N)=O)C3CCC(N)=O.[Co+2].[N-]=O. The van der Waals surface area contributed by atoms with Crippen LogP contribution < -0.4 is 34.0 Å². The monoisotopic (exact) mass is 1020 g/mol. The van der Waals surface area contributed by atoms with Crippen molar-refractivity contribution in [3.05, 3.63) is 50.1 Å². The second kappa shape index (κ2) is 22.3. The number of aliphatic imine (C=N–C) groups is 3. The number of primary amides is 5. The van der Waals surface area contributed by atoms with Crippen LogP contribution in [0.1, 0.15) is 140 Å². The van der Waals surface area contributed by atoms with Crippen LogP contribution in [0, 0.1) is 50.2 Å². The van der Waals surface area contributed by atoms with Crippen LogP contribution in [-0.4, -0.2) is 87.7 Å². The molecule has 12 N–H and O–H groups in total. The summed E-state index contributed by atoms with van der Waals surface area (Å²) >= 11 is 0. The van der Waals surface area contributed by atoms with Gasteiger partial charge in [-0.1, -0.05) is 40.7 Å². The quantitative estimate of drug-likeness (QED) is 0.0927. The number of hydrogen-bond donors (Lipinski definition) is 7. The molecule has 1 radical (unpaired) electrons. The first-order valence-corrected chi connectivity index (χ1v) is 23.6. The summed E-state index contributed by atoms with van der Waals surface area (Å²) < 4.78 is 0. The largest absolute Gasteiger partial charge is 2.00 e. The molecule has 5 aliphatic heterocycles. The summed E-state index contributed by atoms with van der Waals surface area (Å²) in [5.74, 6) is -5.67. The number of nitrogens with one attached hydrogen (secondary N) is 1. The van der Waals surface area contributed by atoms with Crippen LogP contribution in [0.5, 0.6) is 0 Å². The van der Waals surface area contributed by atoms with Crippen LogP contribution >= 0.6 is 0 Å². The molecule has 10 atom stereocenters. The number of aliphatic hydroxyl groups is 1. The van der Waals surface area contributed by atoms with E-state index in [1.54, 1.807) is 6.92 Å². The van der Waals surface area contributed by atoms with Crippen molar-refractivity contribution < 1.29 is 55.4 Å². The maximum atomic E-state index is 13.5. The smallest absolute Gasteiger partial charge is 0.682 e. The molecule has 0 aromatic carbocycles. The van der Waals surface area contributed by atoms with Crippen LogP contribution in [0.15, 0.2) is 49.3 Å². The molecular weight excluding hydrogens is 946 g/mol. The number of carbonyl (C=O) groups is 7. The molecule has 387 valence electrons. The second-order valence-corrected chi connectivity index (χ2v) is 21.3. The molecule has 6 amide bonds. The first kappa shape index (κ1) is 58.9. The average Bonchev–Trinajstić information content (AvgIpc) is 3.84. The normalized spacial score (nSPS) is 30.9. The number of nitrogens with two attached hydrogens (primary N) is 5. The third-order valence-corrected chi connectivity index (χ3v) is 16.0. The molecule has 0 aliphatic carbocycles.